The number of aryl methyl sites for hydroxylation is 2. The van der Waals surface area contributed by atoms with Crippen molar-refractivity contribution in [1.29, 1.82) is 0 Å². The number of hydrogen-bond donors (Lipinski definition) is 1. The Labute approximate surface area is 176 Å². The molecule has 6 nitrogen and oxygen atoms in total. The summed E-state index contributed by atoms with van der Waals surface area (Å²) in [5.74, 6) is 0.209. The Hall–Kier alpha value is -2.64. The van der Waals surface area contributed by atoms with E-state index in [0.29, 0.717) is 22.2 Å². The van der Waals surface area contributed by atoms with Gasteiger partial charge in [-0.3, -0.25) is 4.79 Å². The molecule has 0 aliphatic carbocycles. The highest BCUT2D eigenvalue weighted by atomic mass is 79.9. The summed E-state index contributed by atoms with van der Waals surface area (Å²) in [6.07, 6.45) is 1.48. The number of hydrogen-bond acceptors (Lipinski definition) is 4. The number of amides is 1. The van der Waals surface area contributed by atoms with Gasteiger partial charge in [-0.05, 0) is 59.6 Å². The average molecular weight is 462 g/mol. The summed E-state index contributed by atoms with van der Waals surface area (Å²) < 4.78 is 7.90. The molecule has 0 bridgehead atoms. The van der Waals surface area contributed by atoms with Gasteiger partial charge < -0.3 is 4.74 Å². The second-order valence-corrected chi connectivity index (χ2v) is 7.27. The van der Waals surface area contributed by atoms with Crippen molar-refractivity contribution in [3.05, 3.63) is 75.0 Å². The van der Waals surface area contributed by atoms with Crippen molar-refractivity contribution in [1.82, 2.24) is 15.2 Å². The van der Waals surface area contributed by atoms with Crippen molar-refractivity contribution in [2.24, 2.45) is 5.10 Å². The first-order valence-corrected chi connectivity index (χ1v) is 9.64. The maximum absolute atomic E-state index is 12.0. The number of para-hydroxylation sites is 1. The Morgan fingerprint density at radius 3 is 2.75 bits per heavy atom. The minimum Gasteiger partial charge on any atom is -0.483 e. The Bertz CT molecular complexity index is 1020. The molecule has 1 heterocycles. The van der Waals surface area contributed by atoms with Gasteiger partial charge in [0.05, 0.1) is 27.6 Å². The van der Waals surface area contributed by atoms with Crippen LogP contribution in [-0.4, -0.2) is 28.5 Å². The smallest absolute Gasteiger partial charge is 0.277 e. The van der Waals surface area contributed by atoms with E-state index >= 15 is 0 Å². The van der Waals surface area contributed by atoms with Crippen molar-refractivity contribution in [2.75, 3.05) is 6.61 Å². The zero-order valence-corrected chi connectivity index (χ0v) is 17.7. The highest BCUT2D eigenvalue weighted by Gasteiger charge is 2.13. The molecule has 0 atom stereocenters. The van der Waals surface area contributed by atoms with Crippen LogP contribution in [0.1, 0.15) is 16.8 Å². The highest BCUT2D eigenvalue weighted by molar-refractivity contribution is 9.10. The molecule has 2 aromatic carbocycles. The number of carbonyl (C=O) groups excluding carboxylic acids is 1. The van der Waals surface area contributed by atoms with E-state index < -0.39 is 0 Å². The van der Waals surface area contributed by atoms with Gasteiger partial charge in [-0.1, -0.05) is 35.9 Å². The van der Waals surface area contributed by atoms with Crippen molar-refractivity contribution < 1.29 is 9.53 Å². The lowest BCUT2D eigenvalue weighted by Crippen LogP contribution is -2.24. The summed E-state index contributed by atoms with van der Waals surface area (Å²) in [6, 6.07) is 15.2. The number of rotatable bonds is 6. The number of nitrogens with zero attached hydrogens (tertiary/aromatic N) is 3. The molecule has 3 rings (SSSR count). The number of carbonyl (C=O) groups is 1. The van der Waals surface area contributed by atoms with Crippen LogP contribution >= 0.6 is 27.5 Å². The molecule has 3 aromatic rings. The molecule has 0 radical (unpaired) electrons. The standard InChI is InChI=1S/C20H18BrClN4O2/c1-13-8-9-18(17(21)10-13)28-12-19(27)24-23-11-16-14(2)25-26(20(16)22)15-6-4-3-5-7-15/h3-11H,12H2,1-2H3,(H,24,27)/b23-11-. The predicted octanol–water partition coefficient (Wildman–Crippen LogP) is 4.43. The number of nitrogens with one attached hydrogen (secondary N) is 1. The third-order valence-electron chi connectivity index (χ3n) is 3.88. The number of ether oxygens (including phenoxy) is 1. The van der Waals surface area contributed by atoms with Crippen LogP contribution in [0, 0.1) is 13.8 Å². The van der Waals surface area contributed by atoms with Crippen LogP contribution in [0.4, 0.5) is 0 Å². The normalized spacial score (nSPS) is 11.0. The van der Waals surface area contributed by atoms with Crippen LogP contribution < -0.4 is 10.2 Å². The molecule has 0 fully saturated rings. The van der Waals surface area contributed by atoms with Gasteiger partial charge in [0.2, 0.25) is 0 Å². The Balaban J connectivity index is 1.61. The molecule has 0 saturated heterocycles. The molecule has 1 aromatic heterocycles. The Kier molecular flexibility index (Phi) is 6.49. The van der Waals surface area contributed by atoms with Gasteiger partial charge in [-0.2, -0.15) is 10.2 Å². The Morgan fingerprint density at radius 1 is 1.29 bits per heavy atom. The Morgan fingerprint density at radius 2 is 2.04 bits per heavy atom. The van der Waals surface area contributed by atoms with Crippen LogP contribution in [0.3, 0.4) is 0 Å². The fourth-order valence-corrected chi connectivity index (χ4v) is 3.39. The summed E-state index contributed by atoms with van der Waals surface area (Å²) in [4.78, 5) is 12.0. The lowest BCUT2D eigenvalue weighted by atomic mass is 10.2. The van der Waals surface area contributed by atoms with Gasteiger partial charge in [-0.25, -0.2) is 10.1 Å². The topological polar surface area (TPSA) is 68.5 Å². The minimum atomic E-state index is -0.382. The first-order chi connectivity index (χ1) is 13.5. The van der Waals surface area contributed by atoms with E-state index in [9.17, 15) is 4.79 Å². The summed E-state index contributed by atoms with van der Waals surface area (Å²) in [5, 5.41) is 8.80. The van der Waals surface area contributed by atoms with Gasteiger partial charge in [-0.15, -0.1) is 0 Å². The van der Waals surface area contributed by atoms with Gasteiger partial charge in [0.1, 0.15) is 10.9 Å². The predicted molar refractivity (Wildman–Crippen MR) is 113 cm³/mol. The molecule has 0 saturated carbocycles. The summed E-state index contributed by atoms with van der Waals surface area (Å²) in [6.45, 7) is 3.64. The van der Waals surface area contributed by atoms with Gasteiger partial charge in [0.15, 0.2) is 6.61 Å². The van der Waals surface area contributed by atoms with E-state index in [1.54, 1.807) is 10.7 Å². The summed E-state index contributed by atoms with van der Waals surface area (Å²) >= 11 is 9.83. The number of halogens is 2. The van der Waals surface area contributed by atoms with Gasteiger partial charge in [0.25, 0.3) is 5.91 Å². The first-order valence-electron chi connectivity index (χ1n) is 8.47. The summed E-state index contributed by atoms with van der Waals surface area (Å²) in [7, 11) is 0. The van der Waals surface area contributed by atoms with Gasteiger partial charge in [0, 0.05) is 0 Å². The third kappa shape index (κ3) is 4.79. The fourth-order valence-electron chi connectivity index (χ4n) is 2.47. The van der Waals surface area contributed by atoms with E-state index in [2.05, 4.69) is 31.6 Å². The molecule has 144 valence electrons. The van der Waals surface area contributed by atoms with Crippen molar-refractivity contribution in [3.63, 3.8) is 0 Å². The van der Waals surface area contributed by atoms with E-state index in [1.807, 2.05) is 56.3 Å². The molecule has 0 spiro atoms. The molecule has 1 N–H and O–H groups in total. The van der Waals surface area contributed by atoms with E-state index in [1.165, 1.54) is 6.21 Å². The maximum atomic E-state index is 12.0. The molecule has 0 aliphatic heterocycles. The van der Waals surface area contributed by atoms with E-state index in [0.717, 1.165) is 15.7 Å². The molecule has 28 heavy (non-hydrogen) atoms. The van der Waals surface area contributed by atoms with Gasteiger partial charge >= 0.3 is 0 Å². The quantitative estimate of drug-likeness (QED) is 0.436. The molecule has 0 aliphatic rings. The number of hydrazone groups is 1. The van der Waals surface area contributed by atoms with Crippen LogP contribution in [0.25, 0.3) is 5.69 Å². The molecular formula is C20H18BrClN4O2. The second-order valence-electron chi connectivity index (χ2n) is 6.05. The molecule has 0 unspecified atom stereocenters. The second kappa shape index (κ2) is 9.03. The summed E-state index contributed by atoms with van der Waals surface area (Å²) in [5.41, 5.74) is 5.70. The minimum absolute atomic E-state index is 0.158. The number of aromatic nitrogens is 2. The molecular weight excluding hydrogens is 444 g/mol. The monoisotopic (exact) mass is 460 g/mol. The first kappa shape index (κ1) is 20.1. The van der Waals surface area contributed by atoms with Crippen LogP contribution in [0.15, 0.2) is 58.1 Å². The van der Waals surface area contributed by atoms with Crippen LogP contribution in [0.5, 0.6) is 5.75 Å². The highest BCUT2D eigenvalue weighted by Crippen LogP contribution is 2.25. The van der Waals surface area contributed by atoms with Crippen molar-refractivity contribution in [3.8, 4) is 11.4 Å². The van der Waals surface area contributed by atoms with Crippen LogP contribution in [0.2, 0.25) is 5.15 Å². The van der Waals surface area contributed by atoms with Crippen molar-refractivity contribution in [2.45, 2.75) is 13.8 Å². The van der Waals surface area contributed by atoms with Crippen LogP contribution in [-0.2, 0) is 4.79 Å². The van der Waals surface area contributed by atoms with E-state index in [4.69, 9.17) is 16.3 Å². The number of benzene rings is 2. The zero-order chi connectivity index (χ0) is 20.1. The lowest BCUT2D eigenvalue weighted by molar-refractivity contribution is -0.123. The molecule has 1 amide bonds. The largest absolute Gasteiger partial charge is 0.483 e. The third-order valence-corrected chi connectivity index (χ3v) is 4.86. The van der Waals surface area contributed by atoms with E-state index in [-0.39, 0.29) is 12.5 Å². The molecule has 8 heteroatoms. The van der Waals surface area contributed by atoms with Crippen molar-refractivity contribution >= 4 is 39.7 Å². The SMILES string of the molecule is Cc1ccc(OCC(=O)N/N=C\c2c(C)nn(-c3ccccc3)c2Cl)c(Br)c1. The maximum Gasteiger partial charge on any atom is 0.277 e. The lowest BCUT2D eigenvalue weighted by Gasteiger charge is -2.07. The fraction of sp³-hybridized carbons (Fsp3) is 0.150. The zero-order valence-electron chi connectivity index (χ0n) is 15.3. The average Bonchev–Trinajstić information content (AvgIpc) is 2.96.